The van der Waals surface area contributed by atoms with Gasteiger partial charge in [-0.05, 0) is 24.7 Å². The molecule has 1 unspecified atom stereocenters. The van der Waals surface area contributed by atoms with Crippen LogP contribution in [0, 0.1) is 5.41 Å². The van der Waals surface area contributed by atoms with Gasteiger partial charge in [0.25, 0.3) is 0 Å². The Morgan fingerprint density at radius 1 is 1.55 bits per heavy atom. The first-order valence-corrected chi connectivity index (χ1v) is 4.60. The van der Waals surface area contributed by atoms with Crippen LogP contribution >= 0.6 is 0 Å². The monoisotopic (exact) mass is 155 g/mol. The molecule has 0 radical (unpaired) electrons. The zero-order chi connectivity index (χ0) is 7.73. The lowest BCUT2D eigenvalue weighted by molar-refractivity contribution is 0.189. The van der Waals surface area contributed by atoms with Gasteiger partial charge in [-0.25, -0.2) is 0 Å². The maximum atomic E-state index is 5.28. The number of hydrogen-bond donors (Lipinski definition) is 1. The highest BCUT2D eigenvalue weighted by Crippen LogP contribution is 2.44. The molecule has 1 N–H and O–H groups in total. The lowest BCUT2D eigenvalue weighted by Gasteiger charge is -2.14. The highest BCUT2D eigenvalue weighted by atomic mass is 16.5. The summed E-state index contributed by atoms with van der Waals surface area (Å²) in [5.74, 6) is 0. The smallest absolute Gasteiger partial charge is 0.0620 e. The zero-order valence-corrected chi connectivity index (χ0v) is 7.23. The second-order valence-electron chi connectivity index (χ2n) is 4.25. The molecule has 2 aliphatic rings. The molecule has 1 aliphatic heterocycles. The van der Waals surface area contributed by atoms with Gasteiger partial charge < -0.3 is 10.1 Å². The van der Waals surface area contributed by atoms with E-state index in [1.165, 1.54) is 25.8 Å². The first-order valence-electron chi connectivity index (χ1n) is 4.60. The van der Waals surface area contributed by atoms with Gasteiger partial charge in [0.1, 0.15) is 0 Å². The van der Waals surface area contributed by atoms with E-state index >= 15 is 0 Å². The maximum absolute atomic E-state index is 5.28. The molecule has 64 valence electrons. The van der Waals surface area contributed by atoms with Crippen LogP contribution in [-0.2, 0) is 4.74 Å². The van der Waals surface area contributed by atoms with Crippen molar-refractivity contribution < 1.29 is 4.74 Å². The molecular formula is C9H17NO. The van der Waals surface area contributed by atoms with E-state index < -0.39 is 0 Å². The second kappa shape index (κ2) is 2.76. The largest absolute Gasteiger partial charge is 0.380 e. The third-order valence-corrected chi connectivity index (χ3v) is 2.85. The van der Waals surface area contributed by atoms with Crippen molar-refractivity contribution in [3.8, 4) is 0 Å². The minimum atomic E-state index is 0.641. The minimum absolute atomic E-state index is 0.641. The van der Waals surface area contributed by atoms with E-state index in [0.717, 1.165) is 13.2 Å². The standard InChI is InChI=1S/C9H17NO/c1-9(3-4-9)7-10-8-2-5-11-6-8/h8,10H,2-7H2,1H3. The molecule has 2 heteroatoms. The lowest BCUT2D eigenvalue weighted by Crippen LogP contribution is -2.33. The van der Waals surface area contributed by atoms with Crippen LogP contribution < -0.4 is 5.32 Å². The molecule has 0 amide bonds. The first-order chi connectivity index (χ1) is 5.29. The summed E-state index contributed by atoms with van der Waals surface area (Å²) in [4.78, 5) is 0. The zero-order valence-electron chi connectivity index (χ0n) is 7.23. The van der Waals surface area contributed by atoms with E-state index in [9.17, 15) is 0 Å². The molecule has 0 aromatic rings. The molecule has 1 saturated carbocycles. The van der Waals surface area contributed by atoms with Crippen LogP contribution in [0.4, 0.5) is 0 Å². The molecule has 0 aromatic carbocycles. The van der Waals surface area contributed by atoms with Crippen LogP contribution in [0.5, 0.6) is 0 Å². The Balaban J connectivity index is 1.65. The Bertz CT molecular complexity index is 136. The Morgan fingerprint density at radius 3 is 2.91 bits per heavy atom. The van der Waals surface area contributed by atoms with Gasteiger partial charge in [0.05, 0.1) is 6.61 Å². The average molecular weight is 155 g/mol. The Hall–Kier alpha value is -0.0800. The second-order valence-corrected chi connectivity index (χ2v) is 4.25. The van der Waals surface area contributed by atoms with Gasteiger partial charge in [-0.2, -0.15) is 0 Å². The van der Waals surface area contributed by atoms with Crippen molar-refractivity contribution in [2.45, 2.75) is 32.2 Å². The normalized spacial score (nSPS) is 34.1. The molecule has 2 rings (SSSR count). The maximum Gasteiger partial charge on any atom is 0.0620 e. The number of ether oxygens (including phenoxy) is 1. The van der Waals surface area contributed by atoms with Crippen molar-refractivity contribution >= 4 is 0 Å². The first kappa shape index (κ1) is 7.56. The predicted molar refractivity (Wildman–Crippen MR) is 44.6 cm³/mol. The molecule has 11 heavy (non-hydrogen) atoms. The highest BCUT2D eigenvalue weighted by Gasteiger charge is 2.37. The number of hydrogen-bond acceptors (Lipinski definition) is 2. The van der Waals surface area contributed by atoms with Crippen molar-refractivity contribution in [1.82, 2.24) is 5.32 Å². The summed E-state index contributed by atoms with van der Waals surface area (Å²) in [6.07, 6.45) is 4.03. The van der Waals surface area contributed by atoms with Crippen LogP contribution in [0.1, 0.15) is 26.2 Å². The molecule has 1 heterocycles. The van der Waals surface area contributed by atoms with Gasteiger partial charge in [0.2, 0.25) is 0 Å². The Kier molecular flexibility index (Phi) is 1.90. The fourth-order valence-electron chi connectivity index (χ4n) is 1.48. The van der Waals surface area contributed by atoms with Crippen molar-refractivity contribution in [1.29, 1.82) is 0 Å². The van der Waals surface area contributed by atoms with E-state index in [1.54, 1.807) is 0 Å². The van der Waals surface area contributed by atoms with Crippen LogP contribution in [0.25, 0.3) is 0 Å². The molecule has 0 spiro atoms. The molecule has 2 fully saturated rings. The van der Waals surface area contributed by atoms with Crippen molar-refractivity contribution in [2.75, 3.05) is 19.8 Å². The summed E-state index contributed by atoms with van der Waals surface area (Å²) in [5, 5.41) is 3.56. The van der Waals surface area contributed by atoms with Crippen molar-refractivity contribution in [3.63, 3.8) is 0 Å². The molecule has 1 saturated heterocycles. The molecule has 0 bridgehead atoms. The summed E-state index contributed by atoms with van der Waals surface area (Å²) in [6.45, 7) is 5.43. The number of rotatable bonds is 3. The molecule has 2 nitrogen and oxygen atoms in total. The van der Waals surface area contributed by atoms with Gasteiger partial charge in [-0.15, -0.1) is 0 Å². The van der Waals surface area contributed by atoms with Gasteiger partial charge >= 0.3 is 0 Å². The van der Waals surface area contributed by atoms with E-state index in [-0.39, 0.29) is 0 Å². The molecular weight excluding hydrogens is 138 g/mol. The molecule has 0 aromatic heterocycles. The minimum Gasteiger partial charge on any atom is -0.380 e. The van der Waals surface area contributed by atoms with Crippen LogP contribution in [0.15, 0.2) is 0 Å². The quantitative estimate of drug-likeness (QED) is 0.660. The molecule has 1 aliphatic carbocycles. The topological polar surface area (TPSA) is 21.3 Å². The van der Waals surface area contributed by atoms with E-state index in [4.69, 9.17) is 4.74 Å². The fraction of sp³-hybridized carbons (Fsp3) is 1.00. The fourth-order valence-corrected chi connectivity index (χ4v) is 1.48. The highest BCUT2D eigenvalue weighted by molar-refractivity contribution is 4.91. The van der Waals surface area contributed by atoms with Crippen molar-refractivity contribution in [2.24, 2.45) is 5.41 Å². The van der Waals surface area contributed by atoms with Gasteiger partial charge in [0.15, 0.2) is 0 Å². The summed E-state index contributed by atoms with van der Waals surface area (Å²) in [5.41, 5.74) is 0.641. The Labute approximate surface area is 68.3 Å². The summed E-state index contributed by atoms with van der Waals surface area (Å²) >= 11 is 0. The predicted octanol–water partition coefficient (Wildman–Crippen LogP) is 1.17. The Morgan fingerprint density at radius 2 is 2.36 bits per heavy atom. The van der Waals surface area contributed by atoms with Crippen LogP contribution in [0.2, 0.25) is 0 Å². The number of nitrogens with one attached hydrogen (secondary N) is 1. The van der Waals surface area contributed by atoms with E-state index in [2.05, 4.69) is 12.2 Å². The summed E-state index contributed by atoms with van der Waals surface area (Å²) in [7, 11) is 0. The SMILES string of the molecule is CC1(CNC2CCOC2)CC1. The van der Waals surface area contributed by atoms with Gasteiger partial charge in [0, 0.05) is 19.2 Å². The lowest BCUT2D eigenvalue weighted by atomic mass is 10.1. The average Bonchev–Trinajstić information content (AvgIpc) is 2.53. The summed E-state index contributed by atoms with van der Waals surface area (Å²) < 4.78 is 5.28. The van der Waals surface area contributed by atoms with Crippen LogP contribution in [0.3, 0.4) is 0 Å². The third-order valence-electron chi connectivity index (χ3n) is 2.85. The third kappa shape index (κ3) is 1.94. The molecule has 1 atom stereocenters. The van der Waals surface area contributed by atoms with Gasteiger partial charge in [-0.3, -0.25) is 0 Å². The van der Waals surface area contributed by atoms with Gasteiger partial charge in [-0.1, -0.05) is 6.92 Å². The van der Waals surface area contributed by atoms with E-state index in [1.807, 2.05) is 0 Å². The summed E-state index contributed by atoms with van der Waals surface area (Å²) in [6, 6.07) is 0.646. The van der Waals surface area contributed by atoms with Crippen LogP contribution in [-0.4, -0.2) is 25.8 Å². The van der Waals surface area contributed by atoms with Crippen molar-refractivity contribution in [3.05, 3.63) is 0 Å². The van der Waals surface area contributed by atoms with E-state index in [0.29, 0.717) is 11.5 Å².